The van der Waals surface area contributed by atoms with Crippen molar-refractivity contribution in [1.29, 1.82) is 0 Å². The topological polar surface area (TPSA) is 119 Å². The normalized spacial score (nSPS) is 16.8. The highest BCUT2D eigenvalue weighted by molar-refractivity contribution is 7.91. The molecule has 0 atom stereocenters. The van der Waals surface area contributed by atoms with Crippen molar-refractivity contribution < 1.29 is 22.7 Å². The lowest BCUT2D eigenvalue weighted by Gasteiger charge is -2.29. The standard InChI is InChI=1S/C14H22N4O5S2/c1-4-23-12(20)10-5-7-18(8-6-10)25(21,22)14-17-16-13(24-14)15-11(19)9(2)3/h9-10H,4-8H2,1-3H3,(H,15,16,19). The summed E-state index contributed by atoms with van der Waals surface area (Å²) in [5.41, 5.74) is 0. The molecule has 1 fully saturated rings. The molecule has 1 amide bonds. The summed E-state index contributed by atoms with van der Waals surface area (Å²) in [4.78, 5) is 23.4. The molecule has 0 unspecified atom stereocenters. The smallest absolute Gasteiger partial charge is 0.309 e. The molecule has 1 aliphatic rings. The van der Waals surface area contributed by atoms with Crippen LogP contribution in [0.1, 0.15) is 33.6 Å². The van der Waals surface area contributed by atoms with E-state index < -0.39 is 10.0 Å². The zero-order chi connectivity index (χ0) is 18.6. The molecule has 0 aliphatic carbocycles. The maximum atomic E-state index is 12.6. The van der Waals surface area contributed by atoms with Crippen molar-refractivity contribution in [3.63, 3.8) is 0 Å². The molecule has 0 bridgehead atoms. The van der Waals surface area contributed by atoms with Crippen LogP contribution in [0.2, 0.25) is 0 Å². The molecule has 2 heterocycles. The number of amides is 1. The van der Waals surface area contributed by atoms with Crippen molar-refractivity contribution in [2.24, 2.45) is 11.8 Å². The molecule has 9 nitrogen and oxygen atoms in total. The van der Waals surface area contributed by atoms with Crippen LogP contribution in [-0.4, -0.2) is 54.5 Å². The molecule has 0 radical (unpaired) electrons. The van der Waals surface area contributed by atoms with Gasteiger partial charge in [-0.15, -0.1) is 10.2 Å². The van der Waals surface area contributed by atoms with Crippen molar-refractivity contribution in [2.75, 3.05) is 25.0 Å². The van der Waals surface area contributed by atoms with Gasteiger partial charge in [-0.1, -0.05) is 25.2 Å². The second kappa shape index (κ2) is 8.19. The summed E-state index contributed by atoms with van der Waals surface area (Å²) >= 11 is 0.819. The van der Waals surface area contributed by atoms with Gasteiger partial charge in [-0.05, 0) is 19.8 Å². The van der Waals surface area contributed by atoms with E-state index >= 15 is 0 Å². The van der Waals surface area contributed by atoms with Gasteiger partial charge in [0.2, 0.25) is 15.4 Å². The van der Waals surface area contributed by atoms with Crippen molar-refractivity contribution in [1.82, 2.24) is 14.5 Å². The number of sulfonamides is 1. The third kappa shape index (κ3) is 4.73. The van der Waals surface area contributed by atoms with Crippen LogP contribution in [0.25, 0.3) is 0 Å². The van der Waals surface area contributed by atoms with Crippen LogP contribution in [0.4, 0.5) is 5.13 Å². The number of hydrogen-bond donors (Lipinski definition) is 1. The molecule has 1 aliphatic heterocycles. The van der Waals surface area contributed by atoms with Crippen LogP contribution < -0.4 is 5.32 Å². The van der Waals surface area contributed by atoms with Crippen LogP contribution in [0.15, 0.2) is 4.34 Å². The number of aromatic nitrogens is 2. The van der Waals surface area contributed by atoms with Gasteiger partial charge in [-0.25, -0.2) is 8.42 Å². The van der Waals surface area contributed by atoms with Crippen LogP contribution in [-0.2, 0) is 24.3 Å². The summed E-state index contributed by atoms with van der Waals surface area (Å²) in [5.74, 6) is -1.06. The summed E-state index contributed by atoms with van der Waals surface area (Å²) in [5, 5.41) is 10.1. The van der Waals surface area contributed by atoms with Crippen LogP contribution in [0.5, 0.6) is 0 Å². The number of ether oxygens (including phenoxy) is 1. The number of carbonyl (C=O) groups is 2. The first kappa shape index (κ1) is 19.7. The van der Waals surface area contributed by atoms with Gasteiger partial charge in [-0.3, -0.25) is 9.59 Å². The third-order valence-corrected chi connectivity index (χ3v) is 6.88. The Morgan fingerprint density at radius 1 is 1.32 bits per heavy atom. The van der Waals surface area contributed by atoms with E-state index in [9.17, 15) is 18.0 Å². The second-order valence-corrected chi connectivity index (χ2v) is 9.04. The first-order valence-electron chi connectivity index (χ1n) is 8.06. The predicted octanol–water partition coefficient (Wildman–Crippen LogP) is 1.10. The first-order chi connectivity index (χ1) is 11.8. The SMILES string of the molecule is CCOC(=O)C1CCN(S(=O)(=O)c2nnc(NC(=O)C(C)C)s2)CC1. The van der Waals surface area contributed by atoms with Gasteiger partial charge in [0.05, 0.1) is 12.5 Å². The van der Waals surface area contributed by atoms with Crippen molar-refractivity contribution in [3.05, 3.63) is 0 Å². The van der Waals surface area contributed by atoms with E-state index in [2.05, 4.69) is 15.5 Å². The zero-order valence-corrected chi connectivity index (χ0v) is 16.0. The summed E-state index contributed by atoms with van der Waals surface area (Å²) < 4.78 is 31.4. The molecule has 25 heavy (non-hydrogen) atoms. The second-order valence-electron chi connectivity index (χ2n) is 5.95. The Morgan fingerprint density at radius 3 is 2.52 bits per heavy atom. The fraction of sp³-hybridized carbons (Fsp3) is 0.714. The van der Waals surface area contributed by atoms with Crippen LogP contribution >= 0.6 is 11.3 Å². The highest BCUT2D eigenvalue weighted by atomic mass is 32.2. The Morgan fingerprint density at radius 2 is 1.96 bits per heavy atom. The number of rotatable bonds is 6. The lowest BCUT2D eigenvalue weighted by Crippen LogP contribution is -2.40. The molecule has 0 aromatic carbocycles. The van der Waals surface area contributed by atoms with Gasteiger partial charge >= 0.3 is 5.97 Å². The molecule has 0 spiro atoms. The highest BCUT2D eigenvalue weighted by Crippen LogP contribution is 2.27. The molecule has 0 saturated carbocycles. The third-order valence-electron chi connectivity index (χ3n) is 3.80. The van der Waals surface area contributed by atoms with Crippen LogP contribution in [0, 0.1) is 11.8 Å². The van der Waals surface area contributed by atoms with Crippen molar-refractivity contribution >= 4 is 38.4 Å². The fourth-order valence-corrected chi connectivity index (χ4v) is 4.83. The quantitative estimate of drug-likeness (QED) is 0.570. The predicted molar refractivity (Wildman–Crippen MR) is 91.5 cm³/mol. The molecule has 1 N–H and O–H groups in total. The Bertz CT molecular complexity index is 723. The van der Waals surface area contributed by atoms with Crippen molar-refractivity contribution in [3.8, 4) is 0 Å². The molecule has 1 aromatic heterocycles. The summed E-state index contributed by atoms with van der Waals surface area (Å²) in [6.45, 7) is 5.94. The van der Waals surface area contributed by atoms with E-state index in [1.165, 1.54) is 4.31 Å². The van der Waals surface area contributed by atoms with E-state index in [-0.39, 0.29) is 46.3 Å². The average molecular weight is 390 g/mol. The minimum Gasteiger partial charge on any atom is -0.466 e. The van der Waals surface area contributed by atoms with Gasteiger partial charge in [0.25, 0.3) is 10.0 Å². The summed E-state index contributed by atoms with van der Waals surface area (Å²) in [6, 6.07) is 0. The Kier molecular flexibility index (Phi) is 6.47. The van der Waals surface area contributed by atoms with Gasteiger partial charge < -0.3 is 10.1 Å². The summed E-state index contributed by atoms with van der Waals surface area (Å²) in [6.07, 6.45) is 0.821. The number of anilines is 1. The highest BCUT2D eigenvalue weighted by Gasteiger charge is 2.34. The minimum absolute atomic E-state index is 0.152. The summed E-state index contributed by atoms with van der Waals surface area (Å²) in [7, 11) is -3.78. The molecule has 11 heteroatoms. The Labute approximate surface area is 150 Å². The first-order valence-corrected chi connectivity index (χ1v) is 10.3. The number of carbonyl (C=O) groups excluding carboxylic acids is 2. The maximum absolute atomic E-state index is 12.6. The zero-order valence-electron chi connectivity index (χ0n) is 14.4. The molecular weight excluding hydrogens is 368 g/mol. The van der Waals surface area contributed by atoms with E-state index in [1.54, 1.807) is 20.8 Å². The largest absolute Gasteiger partial charge is 0.466 e. The van der Waals surface area contributed by atoms with E-state index in [0.717, 1.165) is 11.3 Å². The fourth-order valence-electron chi connectivity index (χ4n) is 2.32. The minimum atomic E-state index is -3.78. The number of esters is 1. The lowest BCUT2D eigenvalue weighted by molar-refractivity contribution is -0.149. The molecular formula is C14H22N4O5S2. The van der Waals surface area contributed by atoms with Gasteiger partial charge in [-0.2, -0.15) is 4.31 Å². The Hall–Kier alpha value is -1.59. The monoisotopic (exact) mass is 390 g/mol. The van der Waals surface area contributed by atoms with E-state index in [0.29, 0.717) is 19.4 Å². The average Bonchev–Trinajstić information content (AvgIpc) is 3.04. The lowest BCUT2D eigenvalue weighted by atomic mass is 9.98. The van der Waals surface area contributed by atoms with Gasteiger partial charge in [0.1, 0.15) is 0 Å². The van der Waals surface area contributed by atoms with E-state index in [4.69, 9.17) is 4.74 Å². The Balaban J connectivity index is 2.02. The number of piperidine rings is 1. The van der Waals surface area contributed by atoms with Crippen molar-refractivity contribution in [2.45, 2.75) is 38.0 Å². The molecule has 140 valence electrons. The number of hydrogen-bond acceptors (Lipinski definition) is 8. The van der Waals surface area contributed by atoms with Crippen LogP contribution in [0.3, 0.4) is 0 Å². The molecule has 1 saturated heterocycles. The maximum Gasteiger partial charge on any atom is 0.309 e. The van der Waals surface area contributed by atoms with Gasteiger partial charge in [0, 0.05) is 19.0 Å². The number of nitrogens with one attached hydrogen (secondary N) is 1. The molecule has 2 rings (SSSR count). The number of nitrogens with zero attached hydrogens (tertiary/aromatic N) is 3. The molecule has 1 aromatic rings. The van der Waals surface area contributed by atoms with E-state index in [1.807, 2.05) is 0 Å². The van der Waals surface area contributed by atoms with Gasteiger partial charge in [0.15, 0.2) is 0 Å².